The number of anilines is 1. The molecule has 0 aliphatic carbocycles. The van der Waals surface area contributed by atoms with Gasteiger partial charge in [-0.1, -0.05) is 0 Å². The van der Waals surface area contributed by atoms with Crippen molar-refractivity contribution in [3.05, 3.63) is 11.3 Å². The topological polar surface area (TPSA) is 108 Å². The molecule has 0 unspecified atom stereocenters. The highest BCUT2D eigenvalue weighted by Crippen LogP contribution is 2.24. The van der Waals surface area contributed by atoms with Gasteiger partial charge >= 0.3 is 5.97 Å². The van der Waals surface area contributed by atoms with Gasteiger partial charge in [0.25, 0.3) is 0 Å². The summed E-state index contributed by atoms with van der Waals surface area (Å²) in [7, 11) is -3.33. The van der Waals surface area contributed by atoms with E-state index in [-0.39, 0.29) is 12.1 Å². The lowest BCUT2D eigenvalue weighted by Crippen LogP contribution is -2.47. The second kappa shape index (κ2) is 5.43. The number of nitrogens with one attached hydrogen (secondary N) is 2. The predicted octanol–water partition coefficient (Wildman–Crippen LogP) is 0.889. The Kier molecular flexibility index (Phi) is 4.54. The molecule has 0 amide bonds. The highest BCUT2D eigenvalue weighted by Gasteiger charge is 2.24. The fourth-order valence-electron chi connectivity index (χ4n) is 1.58. The zero-order valence-corrected chi connectivity index (χ0v) is 12.8. The van der Waals surface area contributed by atoms with E-state index in [1.165, 1.54) is 0 Å². The summed E-state index contributed by atoms with van der Waals surface area (Å²) < 4.78 is 28.8. The molecule has 9 heteroatoms. The van der Waals surface area contributed by atoms with Crippen molar-refractivity contribution in [2.24, 2.45) is 0 Å². The first-order valence-electron chi connectivity index (χ1n) is 5.44. The minimum atomic E-state index is -3.33. The third kappa shape index (κ3) is 4.77. The van der Waals surface area contributed by atoms with Gasteiger partial charge in [-0.3, -0.25) is 0 Å². The number of nitrogens with zero attached hydrogens (tertiary/aromatic N) is 1. The van der Waals surface area contributed by atoms with E-state index >= 15 is 0 Å². The maximum atomic E-state index is 11.2. The van der Waals surface area contributed by atoms with Gasteiger partial charge in [-0.25, -0.2) is 17.9 Å². The van der Waals surface area contributed by atoms with Crippen LogP contribution in [-0.4, -0.2) is 42.2 Å². The first-order chi connectivity index (χ1) is 8.52. The first-order valence-corrected chi connectivity index (χ1v) is 8.11. The Morgan fingerprint density at radius 3 is 2.53 bits per heavy atom. The minimum Gasteiger partial charge on any atom is -0.478 e. The molecule has 0 bridgehead atoms. The van der Waals surface area contributed by atoms with Crippen LogP contribution in [0.1, 0.15) is 29.9 Å². The van der Waals surface area contributed by atoms with Crippen LogP contribution < -0.4 is 10.0 Å². The van der Waals surface area contributed by atoms with Gasteiger partial charge in [0.1, 0.15) is 10.6 Å². The molecule has 1 rings (SSSR count). The third-order valence-corrected chi connectivity index (χ3v) is 4.05. The van der Waals surface area contributed by atoms with Crippen molar-refractivity contribution >= 4 is 32.5 Å². The minimum absolute atomic E-state index is 0.125. The fraction of sp³-hybridized carbons (Fsp3) is 0.600. The molecular formula is C10H17N3O4S2. The predicted molar refractivity (Wildman–Crippen MR) is 74.4 cm³/mol. The molecule has 1 aromatic rings. The molecule has 108 valence electrons. The Morgan fingerprint density at radius 2 is 2.05 bits per heavy atom. The maximum Gasteiger partial charge on any atom is 0.340 e. The normalized spacial score (nSPS) is 12.4. The van der Waals surface area contributed by atoms with Crippen molar-refractivity contribution in [1.29, 1.82) is 0 Å². The van der Waals surface area contributed by atoms with Crippen LogP contribution in [0.2, 0.25) is 0 Å². The highest BCUT2D eigenvalue weighted by atomic mass is 32.2. The number of hydrogen-bond donors (Lipinski definition) is 3. The summed E-state index contributed by atoms with van der Waals surface area (Å²) in [5.74, 6) is -1.05. The molecule has 3 N–H and O–H groups in total. The number of hydrogen-bond acceptors (Lipinski definition) is 6. The van der Waals surface area contributed by atoms with Gasteiger partial charge in [-0.2, -0.15) is 4.37 Å². The summed E-state index contributed by atoms with van der Waals surface area (Å²) in [5.41, 5.74) is -0.171. The summed E-state index contributed by atoms with van der Waals surface area (Å²) in [6.07, 6.45) is 1.08. The van der Waals surface area contributed by atoms with Crippen LogP contribution in [-0.2, 0) is 10.0 Å². The quantitative estimate of drug-likeness (QED) is 0.720. The van der Waals surface area contributed by atoms with E-state index < -0.39 is 21.5 Å². The van der Waals surface area contributed by atoms with Gasteiger partial charge in [0, 0.05) is 12.1 Å². The van der Waals surface area contributed by atoms with E-state index in [0.717, 1.165) is 17.8 Å². The van der Waals surface area contributed by atoms with E-state index in [2.05, 4.69) is 14.4 Å². The second-order valence-corrected chi connectivity index (χ2v) is 7.41. The van der Waals surface area contributed by atoms with Crippen molar-refractivity contribution in [3.8, 4) is 0 Å². The van der Waals surface area contributed by atoms with Crippen molar-refractivity contribution in [1.82, 2.24) is 9.10 Å². The molecule has 1 aromatic heterocycles. The molecule has 0 spiro atoms. The molecule has 0 aliphatic rings. The van der Waals surface area contributed by atoms with E-state index in [1.807, 2.05) is 0 Å². The van der Waals surface area contributed by atoms with Gasteiger partial charge < -0.3 is 10.4 Å². The highest BCUT2D eigenvalue weighted by molar-refractivity contribution is 7.88. The molecule has 0 aliphatic heterocycles. The monoisotopic (exact) mass is 307 g/mol. The Labute approximate surface area is 116 Å². The summed E-state index contributed by atoms with van der Waals surface area (Å²) in [4.78, 5) is 11.1. The lowest BCUT2D eigenvalue weighted by Gasteiger charge is -2.25. The first kappa shape index (κ1) is 15.9. The molecule has 0 fully saturated rings. The zero-order valence-electron chi connectivity index (χ0n) is 11.1. The van der Waals surface area contributed by atoms with E-state index in [1.54, 1.807) is 20.8 Å². The molecule has 19 heavy (non-hydrogen) atoms. The smallest absolute Gasteiger partial charge is 0.340 e. The van der Waals surface area contributed by atoms with Gasteiger partial charge in [0.15, 0.2) is 0 Å². The molecule has 0 atom stereocenters. The van der Waals surface area contributed by atoms with E-state index in [4.69, 9.17) is 5.11 Å². The Hall–Kier alpha value is -1.19. The van der Waals surface area contributed by atoms with Crippen LogP contribution in [0.3, 0.4) is 0 Å². The number of carboxylic acid groups (broad SMARTS) is 1. The molecule has 0 radical (unpaired) electrons. The van der Waals surface area contributed by atoms with Crippen LogP contribution in [0.4, 0.5) is 5.00 Å². The molecule has 7 nitrogen and oxygen atoms in total. The number of carboxylic acids is 1. The molecule has 0 aromatic carbocycles. The molecule has 0 saturated carbocycles. The van der Waals surface area contributed by atoms with E-state index in [0.29, 0.717) is 10.7 Å². The summed E-state index contributed by atoms with van der Waals surface area (Å²) in [6, 6.07) is 0. The van der Waals surface area contributed by atoms with Gasteiger partial charge in [-0.05, 0) is 32.3 Å². The average Bonchev–Trinajstić information content (AvgIpc) is 2.53. The Morgan fingerprint density at radius 1 is 1.47 bits per heavy atom. The average molecular weight is 307 g/mol. The number of carbonyl (C=O) groups is 1. The van der Waals surface area contributed by atoms with Crippen LogP contribution >= 0.6 is 11.5 Å². The standard InChI is InChI=1S/C10H17N3O4S2/c1-6-7(9(14)15)8(18-12-6)11-5-10(2,3)13-19(4,16)17/h11,13H,5H2,1-4H3,(H,14,15). The summed E-state index contributed by atoms with van der Waals surface area (Å²) >= 11 is 1.04. The van der Waals surface area contributed by atoms with Crippen molar-refractivity contribution in [3.63, 3.8) is 0 Å². The van der Waals surface area contributed by atoms with Crippen molar-refractivity contribution in [2.75, 3.05) is 18.1 Å². The van der Waals surface area contributed by atoms with Crippen LogP contribution in [0, 0.1) is 6.92 Å². The second-order valence-electron chi connectivity index (χ2n) is 4.89. The Bertz CT molecular complexity index is 578. The number of aryl methyl sites for hydroxylation is 1. The van der Waals surface area contributed by atoms with Gasteiger partial charge in [0.2, 0.25) is 10.0 Å². The third-order valence-electron chi connectivity index (χ3n) is 2.23. The number of aromatic carboxylic acids is 1. The fourth-order valence-corrected chi connectivity index (χ4v) is 3.44. The SMILES string of the molecule is Cc1nsc(NCC(C)(C)NS(C)(=O)=O)c1C(=O)O. The summed E-state index contributed by atoms with van der Waals surface area (Å²) in [6.45, 7) is 5.28. The number of aromatic nitrogens is 1. The summed E-state index contributed by atoms with van der Waals surface area (Å²) in [5, 5.41) is 12.4. The lowest BCUT2D eigenvalue weighted by molar-refractivity contribution is 0.0697. The van der Waals surface area contributed by atoms with Crippen molar-refractivity contribution in [2.45, 2.75) is 26.3 Å². The molecule has 0 saturated heterocycles. The lowest BCUT2D eigenvalue weighted by atomic mass is 10.1. The van der Waals surface area contributed by atoms with Gasteiger partial charge in [-0.15, -0.1) is 0 Å². The van der Waals surface area contributed by atoms with Crippen LogP contribution in [0.5, 0.6) is 0 Å². The van der Waals surface area contributed by atoms with Crippen LogP contribution in [0.25, 0.3) is 0 Å². The molecular weight excluding hydrogens is 290 g/mol. The number of rotatable bonds is 6. The largest absolute Gasteiger partial charge is 0.478 e. The molecule has 1 heterocycles. The van der Waals surface area contributed by atoms with Gasteiger partial charge in [0.05, 0.1) is 11.9 Å². The maximum absolute atomic E-state index is 11.2. The zero-order chi connectivity index (χ0) is 14.8. The van der Waals surface area contributed by atoms with Crippen molar-refractivity contribution < 1.29 is 18.3 Å². The number of sulfonamides is 1. The van der Waals surface area contributed by atoms with E-state index in [9.17, 15) is 13.2 Å². The van der Waals surface area contributed by atoms with Crippen LogP contribution in [0.15, 0.2) is 0 Å². The Balaban J connectivity index is 2.80.